The first-order chi connectivity index (χ1) is 5.84. The van der Waals surface area contributed by atoms with Gasteiger partial charge in [0.1, 0.15) is 0 Å². The normalized spacial score (nSPS) is 10.2. The monoisotopic (exact) mass is 165 g/mol. The van der Waals surface area contributed by atoms with Crippen LogP contribution in [0.5, 0.6) is 0 Å². The van der Waals surface area contributed by atoms with Gasteiger partial charge in [0.25, 0.3) is 0 Å². The van der Waals surface area contributed by atoms with Crippen molar-refractivity contribution >= 4 is 0 Å². The molecule has 0 aromatic carbocycles. The molecule has 1 rings (SSSR count). The summed E-state index contributed by atoms with van der Waals surface area (Å²) >= 11 is 0. The summed E-state index contributed by atoms with van der Waals surface area (Å²) in [5, 5.41) is 0. The molecule has 0 atom stereocenters. The molecule has 0 fully saturated rings. The van der Waals surface area contributed by atoms with Gasteiger partial charge in [-0.05, 0) is 32.7 Å². The van der Waals surface area contributed by atoms with E-state index in [9.17, 15) is 0 Å². The zero-order valence-corrected chi connectivity index (χ0v) is 7.45. The Hall–Kier alpha value is -0.960. The lowest BCUT2D eigenvalue weighted by Crippen LogP contribution is -2.01. The molecule has 0 unspecified atom stereocenters. The third-order valence-corrected chi connectivity index (χ3v) is 1.85. The second-order valence-corrected chi connectivity index (χ2v) is 2.83. The first kappa shape index (κ1) is 9.13. The van der Waals surface area contributed by atoms with Gasteiger partial charge in [-0.3, -0.25) is 9.97 Å². The summed E-state index contributed by atoms with van der Waals surface area (Å²) in [5.41, 5.74) is 7.53. The lowest BCUT2D eigenvalue weighted by Gasteiger charge is -2.01. The SMILES string of the molecule is Cc1nccnc1CCCCN. The lowest BCUT2D eigenvalue weighted by molar-refractivity contribution is 0.724. The fourth-order valence-electron chi connectivity index (χ4n) is 1.12. The quantitative estimate of drug-likeness (QED) is 0.679. The van der Waals surface area contributed by atoms with Crippen molar-refractivity contribution < 1.29 is 0 Å². The number of aryl methyl sites for hydroxylation is 2. The Labute approximate surface area is 73.0 Å². The summed E-state index contributed by atoms with van der Waals surface area (Å²) in [6.07, 6.45) is 6.63. The minimum absolute atomic E-state index is 0.763. The van der Waals surface area contributed by atoms with E-state index in [4.69, 9.17) is 5.73 Å². The molecule has 0 radical (unpaired) electrons. The maximum atomic E-state index is 5.39. The van der Waals surface area contributed by atoms with Crippen LogP contribution in [-0.4, -0.2) is 16.5 Å². The van der Waals surface area contributed by atoms with Crippen molar-refractivity contribution in [2.75, 3.05) is 6.54 Å². The number of hydrogen-bond acceptors (Lipinski definition) is 3. The van der Waals surface area contributed by atoms with Crippen LogP contribution in [0.2, 0.25) is 0 Å². The van der Waals surface area contributed by atoms with E-state index in [0.29, 0.717) is 0 Å². The van der Waals surface area contributed by atoms with Crippen LogP contribution in [0.1, 0.15) is 24.2 Å². The summed E-state index contributed by atoms with van der Waals surface area (Å²) in [4.78, 5) is 8.41. The van der Waals surface area contributed by atoms with Crippen LogP contribution in [-0.2, 0) is 6.42 Å². The Kier molecular flexibility index (Phi) is 3.67. The van der Waals surface area contributed by atoms with Crippen molar-refractivity contribution in [2.45, 2.75) is 26.2 Å². The van der Waals surface area contributed by atoms with E-state index in [2.05, 4.69) is 9.97 Å². The highest BCUT2D eigenvalue weighted by Crippen LogP contribution is 2.03. The molecule has 1 aromatic heterocycles. The maximum Gasteiger partial charge on any atom is 0.0615 e. The van der Waals surface area contributed by atoms with Gasteiger partial charge in [0.15, 0.2) is 0 Å². The fourth-order valence-corrected chi connectivity index (χ4v) is 1.12. The predicted octanol–water partition coefficient (Wildman–Crippen LogP) is 1.07. The third-order valence-electron chi connectivity index (χ3n) is 1.85. The first-order valence-electron chi connectivity index (χ1n) is 4.31. The molecular weight excluding hydrogens is 150 g/mol. The van der Waals surface area contributed by atoms with Crippen LogP contribution in [0.15, 0.2) is 12.4 Å². The zero-order valence-electron chi connectivity index (χ0n) is 7.45. The number of rotatable bonds is 4. The Morgan fingerprint density at radius 1 is 1.25 bits per heavy atom. The van der Waals surface area contributed by atoms with Crippen LogP contribution in [0.3, 0.4) is 0 Å². The van der Waals surface area contributed by atoms with Crippen molar-refractivity contribution in [1.29, 1.82) is 0 Å². The Morgan fingerprint density at radius 2 is 2.00 bits per heavy atom. The molecule has 1 heterocycles. The fraction of sp³-hybridized carbons (Fsp3) is 0.556. The highest BCUT2D eigenvalue weighted by atomic mass is 14.8. The van der Waals surface area contributed by atoms with Gasteiger partial charge >= 0.3 is 0 Å². The number of unbranched alkanes of at least 4 members (excludes halogenated alkanes) is 1. The van der Waals surface area contributed by atoms with E-state index in [1.165, 1.54) is 0 Å². The van der Waals surface area contributed by atoms with Gasteiger partial charge in [-0.2, -0.15) is 0 Å². The van der Waals surface area contributed by atoms with E-state index in [-0.39, 0.29) is 0 Å². The molecule has 1 aromatic rings. The Bertz CT molecular complexity index is 235. The molecular formula is C9H15N3. The largest absolute Gasteiger partial charge is 0.330 e. The number of hydrogen-bond donors (Lipinski definition) is 1. The molecule has 2 N–H and O–H groups in total. The average molecular weight is 165 g/mol. The molecule has 12 heavy (non-hydrogen) atoms. The van der Waals surface area contributed by atoms with Gasteiger partial charge in [-0.25, -0.2) is 0 Å². The molecule has 3 nitrogen and oxygen atoms in total. The minimum atomic E-state index is 0.763. The first-order valence-corrected chi connectivity index (χ1v) is 4.31. The predicted molar refractivity (Wildman–Crippen MR) is 48.8 cm³/mol. The van der Waals surface area contributed by atoms with Gasteiger partial charge in [-0.1, -0.05) is 0 Å². The molecule has 66 valence electrons. The standard InChI is InChI=1S/C9H15N3/c1-8-9(4-2-3-5-10)12-7-6-11-8/h6-7H,2-5,10H2,1H3. The summed E-state index contributed by atoms with van der Waals surface area (Å²) < 4.78 is 0. The molecule has 0 spiro atoms. The highest BCUT2D eigenvalue weighted by molar-refractivity contribution is 5.07. The van der Waals surface area contributed by atoms with Crippen LogP contribution >= 0.6 is 0 Å². The van der Waals surface area contributed by atoms with Crippen molar-refractivity contribution in [3.8, 4) is 0 Å². The molecule has 0 amide bonds. The van der Waals surface area contributed by atoms with Crippen LogP contribution in [0.25, 0.3) is 0 Å². The van der Waals surface area contributed by atoms with E-state index < -0.39 is 0 Å². The smallest absolute Gasteiger partial charge is 0.0615 e. The van der Waals surface area contributed by atoms with Crippen LogP contribution < -0.4 is 5.73 Å². The second-order valence-electron chi connectivity index (χ2n) is 2.83. The van der Waals surface area contributed by atoms with Crippen LogP contribution in [0, 0.1) is 6.92 Å². The van der Waals surface area contributed by atoms with E-state index in [1.54, 1.807) is 12.4 Å². The number of nitrogens with zero attached hydrogens (tertiary/aromatic N) is 2. The average Bonchev–Trinajstić information content (AvgIpc) is 2.09. The van der Waals surface area contributed by atoms with E-state index in [0.717, 1.165) is 37.2 Å². The molecule has 3 heteroatoms. The topological polar surface area (TPSA) is 51.8 Å². The van der Waals surface area contributed by atoms with Crippen molar-refractivity contribution in [2.24, 2.45) is 5.73 Å². The molecule has 0 saturated heterocycles. The summed E-state index contributed by atoms with van der Waals surface area (Å²) in [7, 11) is 0. The summed E-state index contributed by atoms with van der Waals surface area (Å²) in [5.74, 6) is 0. The minimum Gasteiger partial charge on any atom is -0.330 e. The number of nitrogens with two attached hydrogens (primary N) is 1. The molecule has 0 aliphatic rings. The van der Waals surface area contributed by atoms with E-state index >= 15 is 0 Å². The van der Waals surface area contributed by atoms with Gasteiger partial charge < -0.3 is 5.73 Å². The second kappa shape index (κ2) is 4.83. The van der Waals surface area contributed by atoms with Gasteiger partial charge in [0.2, 0.25) is 0 Å². The van der Waals surface area contributed by atoms with Crippen LogP contribution in [0.4, 0.5) is 0 Å². The highest BCUT2D eigenvalue weighted by Gasteiger charge is 1.98. The summed E-state index contributed by atoms with van der Waals surface area (Å²) in [6, 6.07) is 0. The van der Waals surface area contributed by atoms with Crippen molar-refractivity contribution in [3.63, 3.8) is 0 Å². The van der Waals surface area contributed by atoms with Gasteiger partial charge in [0, 0.05) is 12.4 Å². The van der Waals surface area contributed by atoms with Crippen molar-refractivity contribution in [1.82, 2.24) is 9.97 Å². The van der Waals surface area contributed by atoms with Gasteiger partial charge in [0.05, 0.1) is 11.4 Å². The Balaban J connectivity index is 2.46. The molecule has 0 bridgehead atoms. The number of aromatic nitrogens is 2. The molecule has 0 saturated carbocycles. The van der Waals surface area contributed by atoms with E-state index in [1.807, 2.05) is 6.92 Å². The maximum absolute atomic E-state index is 5.39. The van der Waals surface area contributed by atoms with Gasteiger partial charge in [-0.15, -0.1) is 0 Å². The van der Waals surface area contributed by atoms with Crippen molar-refractivity contribution in [3.05, 3.63) is 23.8 Å². The summed E-state index contributed by atoms with van der Waals surface area (Å²) in [6.45, 7) is 2.75. The molecule has 0 aliphatic heterocycles. The third kappa shape index (κ3) is 2.58. The Morgan fingerprint density at radius 3 is 2.67 bits per heavy atom. The lowest BCUT2D eigenvalue weighted by atomic mass is 10.1. The zero-order chi connectivity index (χ0) is 8.81. The molecule has 0 aliphatic carbocycles.